The van der Waals surface area contributed by atoms with Gasteiger partial charge in [0.15, 0.2) is 11.5 Å². The first-order chi connectivity index (χ1) is 7.72. The van der Waals surface area contributed by atoms with Crippen molar-refractivity contribution >= 4 is 0 Å². The Kier molecular flexibility index (Phi) is 4.19. The Morgan fingerprint density at radius 2 is 2.06 bits per heavy atom. The van der Waals surface area contributed by atoms with Gasteiger partial charge in [0.05, 0.1) is 13.7 Å². The van der Waals surface area contributed by atoms with E-state index in [1.807, 2.05) is 26.0 Å². The molecule has 0 amide bonds. The van der Waals surface area contributed by atoms with E-state index >= 15 is 0 Å². The maximum atomic E-state index is 9.43. The molecule has 1 fully saturated rings. The van der Waals surface area contributed by atoms with Gasteiger partial charge in [-0.2, -0.15) is 0 Å². The third-order valence-electron chi connectivity index (χ3n) is 2.77. The Balaban J connectivity index is 0.000000606. The summed E-state index contributed by atoms with van der Waals surface area (Å²) in [6.07, 6.45) is 0.945. The lowest BCUT2D eigenvalue weighted by atomic mass is 9.97. The normalized spacial score (nSPS) is 22.0. The molecule has 1 atom stereocenters. The molecule has 90 valence electrons. The molecular formula is C13H20O3. The lowest BCUT2D eigenvalue weighted by molar-refractivity contribution is 0.299. The summed E-state index contributed by atoms with van der Waals surface area (Å²) >= 11 is 0. The minimum Gasteiger partial charge on any atom is -0.504 e. The minimum atomic E-state index is -0.124. The lowest BCUT2D eigenvalue weighted by Crippen LogP contribution is -2.06. The molecule has 0 radical (unpaired) electrons. The fourth-order valence-electron chi connectivity index (χ4n) is 1.62. The molecule has 0 saturated carbocycles. The van der Waals surface area contributed by atoms with Gasteiger partial charge in [0.1, 0.15) is 5.60 Å². The van der Waals surface area contributed by atoms with Gasteiger partial charge in [-0.1, -0.05) is 26.8 Å². The number of phenolic OH excluding ortho intramolecular Hbond substituents is 1. The van der Waals surface area contributed by atoms with Crippen molar-refractivity contribution in [2.75, 3.05) is 13.7 Å². The van der Waals surface area contributed by atoms with Gasteiger partial charge in [0.25, 0.3) is 0 Å². The molecule has 1 aliphatic heterocycles. The predicted molar refractivity (Wildman–Crippen MR) is 63.9 cm³/mol. The number of rotatable bonds is 3. The SMILES string of the molecule is CC.CCC1(c2ccc(O)c(OC)c2)CO1. The van der Waals surface area contributed by atoms with E-state index in [4.69, 9.17) is 9.47 Å². The van der Waals surface area contributed by atoms with Crippen LogP contribution >= 0.6 is 0 Å². The first-order valence-electron chi connectivity index (χ1n) is 5.73. The van der Waals surface area contributed by atoms with Crippen molar-refractivity contribution in [1.82, 2.24) is 0 Å². The van der Waals surface area contributed by atoms with Crippen molar-refractivity contribution in [3.63, 3.8) is 0 Å². The van der Waals surface area contributed by atoms with Crippen LogP contribution in [0.25, 0.3) is 0 Å². The van der Waals surface area contributed by atoms with E-state index in [0.717, 1.165) is 18.6 Å². The van der Waals surface area contributed by atoms with Crippen molar-refractivity contribution in [1.29, 1.82) is 0 Å². The van der Waals surface area contributed by atoms with Crippen molar-refractivity contribution in [3.8, 4) is 11.5 Å². The smallest absolute Gasteiger partial charge is 0.160 e. The number of ether oxygens (including phenoxy) is 2. The quantitative estimate of drug-likeness (QED) is 0.802. The molecule has 0 spiro atoms. The zero-order valence-corrected chi connectivity index (χ0v) is 10.4. The highest BCUT2D eigenvalue weighted by atomic mass is 16.6. The standard InChI is InChI=1S/C11H14O3.C2H6/c1-3-11(7-14-11)8-4-5-9(12)10(6-8)13-2;1-2/h4-6,12H,3,7H2,1-2H3;1-2H3. The van der Waals surface area contributed by atoms with E-state index in [2.05, 4.69) is 6.92 Å². The van der Waals surface area contributed by atoms with Crippen LogP contribution < -0.4 is 4.74 Å². The second-order valence-electron chi connectivity index (χ2n) is 3.52. The second kappa shape index (κ2) is 5.21. The highest BCUT2D eigenvalue weighted by Gasteiger charge is 2.44. The Morgan fingerprint density at radius 3 is 2.50 bits per heavy atom. The summed E-state index contributed by atoms with van der Waals surface area (Å²) in [5.74, 6) is 0.675. The van der Waals surface area contributed by atoms with Gasteiger partial charge in [0, 0.05) is 0 Å². The molecule has 1 heterocycles. The van der Waals surface area contributed by atoms with Crippen LogP contribution in [0, 0.1) is 0 Å². The van der Waals surface area contributed by atoms with Gasteiger partial charge >= 0.3 is 0 Å². The Hall–Kier alpha value is -1.22. The topological polar surface area (TPSA) is 42.0 Å². The number of epoxide rings is 1. The van der Waals surface area contributed by atoms with Crippen LogP contribution in [0.15, 0.2) is 18.2 Å². The summed E-state index contributed by atoms with van der Waals surface area (Å²) in [5.41, 5.74) is 0.954. The van der Waals surface area contributed by atoms with Gasteiger partial charge in [-0.25, -0.2) is 0 Å². The molecule has 1 aromatic rings. The number of phenols is 1. The average Bonchev–Trinajstić information content (AvgIpc) is 3.13. The summed E-state index contributed by atoms with van der Waals surface area (Å²) in [6.45, 7) is 6.85. The van der Waals surface area contributed by atoms with Crippen molar-refractivity contribution in [2.45, 2.75) is 32.8 Å². The van der Waals surface area contributed by atoms with Crippen LogP contribution in [0.4, 0.5) is 0 Å². The maximum Gasteiger partial charge on any atom is 0.160 e. The molecule has 1 saturated heterocycles. The van der Waals surface area contributed by atoms with Crippen molar-refractivity contribution in [3.05, 3.63) is 23.8 Å². The van der Waals surface area contributed by atoms with E-state index in [1.165, 1.54) is 0 Å². The van der Waals surface area contributed by atoms with Gasteiger partial charge in [-0.3, -0.25) is 0 Å². The average molecular weight is 224 g/mol. The zero-order chi connectivity index (χ0) is 12.2. The number of benzene rings is 1. The van der Waals surface area contributed by atoms with E-state index in [0.29, 0.717) is 5.75 Å². The molecule has 1 aromatic carbocycles. The van der Waals surface area contributed by atoms with Crippen molar-refractivity contribution in [2.24, 2.45) is 0 Å². The molecule has 16 heavy (non-hydrogen) atoms. The summed E-state index contributed by atoms with van der Waals surface area (Å²) < 4.78 is 10.5. The van der Waals surface area contributed by atoms with Gasteiger partial charge < -0.3 is 14.6 Å². The maximum absolute atomic E-state index is 9.43. The van der Waals surface area contributed by atoms with E-state index < -0.39 is 0 Å². The van der Waals surface area contributed by atoms with Crippen LogP contribution in [0.1, 0.15) is 32.8 Å². The summed E-state index contributed by atoms with van der Waals surface area (Å²) in [5, 5.41) is 9.43. The minimum absolute atomic E-state index is 0.124. The molecule has 1 aliphatic rings. The van der Waals surface area contributed by atoms with Crippen LogP contribution in [0.5, 0.6) is 11.5 Å². The van der Waals surface area contributed by atoms with Gasteiger partial charge in [-0.15, -0.1) is 0 Å². The molecule has 0 bridgehead atoms. The molecule has 1 N–H and O–H groups in total. The third kappa shape index (κ3) is 2.30. The fourth-order valence-corrected chi connectivity index (χ4v) is 1.62. The van der Waals surface area contributed by atoms with Crippen LogP contribution in [0.2, 0.25) is 0 Å². The van der Waals surface area contributed by atoms with Crippen LogP contribution in [0.3, 0.4) is 0 Å². The molecule has 2 rings (SSSR count). The van der Waals surface area contributed by atoms with Gasteiger partial charge in [0.2, 0.25) is 0 Å². The van der Waals surface area contributed by atoms with E-state index in [-0.39, 0.29) is 11.4 Å². The van der Waals surface area contributed by atoms with Gasteiger partial charge in [-0.05, 0) is 24.1 Å². The van der Waals surface area contributed by atoms with Crippen LogP contribution in [-0.4, -0.2) is 18.8 Å². The zero-order valence-electron chi connectivity index (χ0n) is 10.4. The highest BCUT2D eigenvalue weighted by Crippen LogP contribution is 2.44. The largest absolute Gasteiger partial charge is 0.504 e. The predicted octanol–water partition coefficient (Wildman–Crippen LogP) is 3.06. The number of hydrogen-bond donors (Lipinski definition) is 1. The first kappa shape index (κ1) is 12.8. The summed E-state index contributed by atoms with van der Waals surface area (Å²) in [7, 11) is 1.55. The third-order valence-corrected chi connectivity index (χ3v) is 2.77. The summed E-state index contributed by atoms with van der Waals surface area (Å²) in [6, 6.07) is 5.37. The monoisotopic (exact) mass is 224 g/mol. The fraction of sp³-hybridized carbons (Fsp3) is 0.538. The molecule has 0 aliphatic carbocycles. The molecule has 0 aromatic heterocycles. The van der Waals surface area contributed by atoms with Crippen LogP contribution in [-0.2, 0) is 10.3 Å². The number of methoxy groups -OCH3 is 1. The van der Waals surface area contributed by atoms with E-state index in [1.54, 1.807) is 13.2 Å². The van der Waals surface area contributed by atoms with Crippen molar-refractivity contribution < 1.29 is 14.6 Å². The molecular weight excluding hydrogens is 204 g/mol. The number of hydrogen-bond acceptors (Lipinski definition) is 3. The first-order valence-corrected chi connectivity index (χ1v) is 5.73. The molecule has 3 heteroatoms. The molecule has 3 nitrogen and oxygen atoms in total. The second-order valence-corrected chi connectivity index (χ2v) is 3.52. The molecule has 1 unspecified atom stereocenters. The lowest BCUT2D eigenvalue weighted by Gasteiger charge is -2.11. The summed E-state index contributed by atoms with van der Waals surface area (Å²) in [4.78, 5) is 0. The Bertz CT molecular complexity index is 343. The Labute approximate surface area is 97.0 Å². The van der Waals surface area contributed by atoms with E-state index in [9.17, 15) is 5.11 Å². The number of aromatic hydroxyl groups is 1. The highest BCUT2D eigenvalue weighted by molar-refractivity contribution is 5.44. The Morgan fingerprint density at radius 1 is 1.44 bits per heavy atom.